The number of Topliss-reactive ketones (excluding diaryl/α,β-unsaturated/α-hetero) is 1. The quantitative estimate of drug-likeness (QED) is 0.298. The molecule has 3 nitrogen and oxygen atoms in total. The lowest BCUT2D eigenvalue weighted by atomic mass is 10.1. The topological polar surface area (TPSA) is 35.5 Å². The van der Waals surface area contributed by atoms with Gasteiger partial charge in [-0.05, 0) is 46.6 Å². The van der Waals surface area contributed by atoms with E-state index in [1.807, 2.05) is 24.3 Å². The van der Waals surface area contributed by atoms with Crippen molar-refractivity contribution < 1.29 is 14.0 Å². The Bertz CT molecular complexity index is 906. The van der Waals surface area contributed by atoms with Crippen LogP contribution in [0.1, 0.15) is 38.1 Å². The second kappa shape index (κ2) is 9.41. The van der Waals surface area contributed by atoms with Crippen LogP contribution in [0.3, 0.4) is 0 Å². The van der Waals surface area contributed by atoms with Gasteiger partial charge in [-0.25, -0.2) is 0 Å². The molecule has 0 aliphatic heterocycles. The van der Waals surface area contributed by atoms with Crippen molar-refractivity contribution >= 4 is 24.5 Å². The van der Waals surface area contributed by atoms with Gasteiger partial charge < -0.3 is 9.16 Å². The maximum Gasteiger partial charge on any atom is 0.261 e. The molecule has 0 atom stereocenters. The van der Waals surface area contributed by atoms with Crippen LogP contribution in [0.4, 0.5) is 0 Å². The largest absolute Gasteiger partial charge is 0.491 e. The van der Waals surface area contributed by atoms with Gasteiger partial charge in [0.15, 0.2) is 5.78 Å². The van der Waals surface area contributed by atoms with Crippen molar-refractivity contribution in [3.63, 3.8) is 0 Å². The SMILES string of the molecule is CC(=O)c1ccc(OCCO[Si](c2ccccc2)(c2ccccc2)C(C)(C)C)cc1. The second-order valence-electron chi connectivity index (χ2n) is 8.44. The second-order valence-corrected chi connectivity index (χ2v) is 12.7. The highest BCUT2D eigenvalue weighted by atomic mass is 28.4. The first-order chi connectivity index (χ1) is 14.3. The normalized spacial score (nSPS) is 11.9. The molecule has 0 heterocycles. The number of hydrogen-bond donors (Lipinski definition) is 0. The first-order valence-corrected chi connectivity index (χ1v) is 12.2. The Morgan fingerprint density at radius 1 is 0.767 bits per heavy atom. The average Bonchev–Trinajstić information content (AvgIpc) is 2.74. The number of hydrogen-bond acceptors (Lipinski definition) is 3. The summed E-state index contributed by atoms with van der Waals surface area (Å²) >= 11 is 0. The van der Waals surface area contributed by atoms with E-state index in [2.05, 4.69) is 69.3 Å². The Labute approximate surface area is 180 Å². The van der Waals surface area contributed by atoms with Crippen LogP contribution in [0.25, 0.3) is 0 Å². The van der Waals surface area contributed by atoms with Crippen molar-refractivity contribution in [2.45, 2.75) is 32.7 Å². The minimum atomic E-state index is -2.54. The molecular formula is C26H30O3Si. The molecule has 3 aromatic carbocycles. The van der Waals surface area contributed by atoms with Crippen LogP contribution in [0.15, 0.2) is 84.9 Å². The van der Waals surface area contributed by atoms with Crippen molar-refractivity contribution in [1.29, 1.82) is 0 Å². The van der Waals surface area contributed by atoms with Crippen LogP contribution in [-0.4, -0.2) is 27.3 Å². The van der Waals surface area contributed by atoms with Crippen LogP contribution in [0, 0.1) is 0 Å². The van der Waals surface area contributed by atoms with Crippen molar-refractivity contribution in [3.8, 4) is 5.75 Å². The molecule has 0 aliphatic rings. The van der Waals surface area contributed by atoms with Gasteiger partial charge in [-0.15, -0.1) is 0 Å². The summed E-state index contributed by atoms with van der Waals surface area (Å²) in [5.74, 6) is 0.794. The van der Waals surface area contributed by atoms with Crippen LogP contribution in [0.2, 0.25) is 5.04 Å². The zero-order chi connectivity index (χ0) is 21.6. The van der Waals surface area contributed by atoms with E-state index < -0.39 is 8.32 Å². The van der Waals surface area contributed by atoms with E-state index in [-0.39, 0.29) is 10.8 Å². The van der Waals surface area contributed by atoms with E-state index in [0.717, 1.165) is 5.75 Å². The molecule has 0 radical (unpaired) electrons. The predicted molar refractivity (Wildman–Crippen MR) is 126 cm³/mol. The summed E-state index contributed by atoms with van der Waals surface area (Å²) in [6.45, 7) is 9.29. The molecule has 0 aliphatic carbocycles. The summed E-state index contributed by atoms with van der Waals surface area (Å²) in [5, 5.41) is 2.46. The van der Waals surface area contributed by atoms with E-state index in [1.54, 1.807) is 19.1 Å². The third-order valence-electron chi connectivity index (χ3n) is 5.35. The van der Waals surface area contributed by atoms with Crippen molar-refractivity contribution in [3.05, 3.63) is 90.5 Å². The highest BCUT2D eigenvalue weighted by molar-refractivity contribution is 6.99. The van der Waals surface area contributed by atoms with Gasteiger partial charge in [-0.1, -0.05) is 81.4 Å². The molecule has 3 rings (SSSR count). The molecule has 0 bridgehead atoms. The molecule has 0 fully saturated rings. The third-order valence-corrected chi connectivity index (χ3v) is 10.4. The summed E-state index contributed by atoms with van der Waals surface area (Å²) in [6, 6.07) is 28.4. The summed E-state index contributed by atoms with van der Waals surface area (Å²) in [7, 11) is -2.54. The van der Waals surface area contributed by atoms with Gasteiger partial charge in [-0.3, -0.25) is 4.79 Å². The minimum Gasteiger partial charge on any atom is -0.491 e. The Morgan fingerprint density at radius 3 is 1.70 bits per heavy atom. The number of rotatable bonds is 8. The summed E-state index contributed by atoms with van der Waals surface area (Å²) in [4.78, 5) is 11.4. The van der Waals surface area contributed by atoms with Gasteiger partial charge >= 0.3 is 0 Å². The number of carbonyl (C=O) groups excluding carboxylic acids is 1. The number of ether oxygens (including phenoxy) is 1. The fraction of sp³-hybridized carbons (Fsp3) is 0.269. The first-order valence-electron chi connectivity index (χ1n) is 10.3. The third kappa shape index (κ3) is 4.72. The maximum atomic E-state index is 11.4. The fourth-order valence-corrected chi connectivity index (χ4v) is 8.45. The Hall–Kier alpha value is -2.69. The highest BCUT2D eigenvalue weighted by Gasteiger charge is 2.50. The van der Waals surface area contributed by atoms with Gasteiger partial charge in [0.1, 0.15) is 12.4 Å². The molecular weight excluding hydrogens is 388 g/mol. The van der Waals surface area contributed by atoms with Crippen LogP contribution in [0.5, 0.6) is 5.75 Å². The van der Waals surface area contributed by atoms with E-state index in [4.69, 9.17) is 9.16 Å². The fourth-order valence-electron chi connectivity index (χ4n) is 3.90. The van der Waals surface area contributed by atoms with Crippen molar-refractivity contribution in [2.75, 3.05) is 13.2 Å². The molecule has 0 spiro atoms. The monoisotopic (exact) mass is 418 g/mol. The summed E-state index contributed by atoms with van der Waals surface area (Å²) < 4.78 is 12.7. The van der Waals surface area contributed by atoms with E-state index in [9.17, 15) is 4.79 Å². The standard InChI is InChI=1S/C26H30O3Si/c1-21(27)22-15-17-23(18-16-22)28-19-20-29-30(26(2,3)4,24-11-7-5-8-12-24)25-13-9-6-10-14-25/h5-18H,19-20H2,1-4H3. The molecule has 0 aromatic heterocycles. The highest BCUT2D eigenvalue weighted by Crippen LogP contribution is 2.36. The molecule has 3 aromatic rings. The smallest absolute Gasteiger partial charge is 0.261 e. The Balaban J connectivity index is 1.82. The van der Waals surface area contributed by atoms with Gasteiger partial charge in [-0.2, -0.15) is 0 Å². The van der Waals surface area contributed by atoms with Crippen molar-refractivity contribution in [1.82, 2.24) is 0 Å². The summed E-state index contributed by atoms with van der Waals surface area (Å²) in [5.41, 5.74) is 0.686. The van der Waals surface area contributed by atoms with Crippen LogP contribution < -0.4 is 15.1 Å². The van der Waals surface area contributed by atoms with E-state index in [1.165, 1.54) is 10.4 Å². The molecule has 0 amide bonds. The lowest BCUT2D eigenvalue weighted by Gasteiger charge is -2.43. The summed E-state index contributed by atoms with van der Waals surface area (Å²) in [6.07, 6.45) is 0. The Morgan fingerprint density at radius 2 is 1.27 bits per heavy atom. The predicted octanol–water partition coefficient (Wildman–Crippen LogP) is 4.84. The number of ketones is 1. The van der Waals surface area contributed by atoms with Crippen LogP contribution in [-0.2, 0) is 4.43 Å². The van der Waals surface area contributed by atoms with Crippen molar-refractivity contribution in [2.24, 2.45) is 0 Å². The lowest BCUT2D eigenvalue weighted by molar-refractivity contribution is 0.101. The molecule has 0 N–H and O–H groups in total. The van der Waals surface area contributed by atoms with Gasteiger partial charge in [0, 0.05) is 5.56 Å². The minimum absolute atomic E-state index is 0.0524. The zero-order valence-electron chi connectivity index (χ0n) is 18.2. The molecule has 0 saturated heterocycles. The number of carbonyl (C=O) groups is 1. The van der Waals surface area contributed by atoms with E-state index >= 15 is 0 Å². The molecule has 30 heavy (non-hydrogen) atoms. The Kier molecular flexibility index (Phi) is 6.90. The lowest BCUT2D eigenvalue weighted by Crippen LogP contribution is -2.66. The molecule has 0 saturated carbocycles. The van der Waals surface area contributed by atoms with E-state index in [0.29, 0.717) is 18.8 Å². The van der Waals surface area contributed by atoms with Gasteiger partial charge in [0.25, 0.3) is 8.32 Å². The average molecular weight is 419 g/mol. The first kappa shape index (κ1) is 22.0. The van der Waals surface area contributed by atoms with Gasteiger partial charge in [0.2, 0.25) is 0 Å². The number of benzene rings is 3. The molecule has 4 heteroatoms. The zero-order valence-corrected chi connectivity index (χ0v) is 19.2. The maximum absolute atomic E-state index is 11.4. The van der Waals surface area contributed by atoms with Gasteiger partial charge in [0.05, 0.1) is 6.61 Å². The molecule has 156 valence electrons. The van der Waals surface area contributed by atoms with Crippen LogP contribution >= 0.6 is 0 Å². The molecule has 0 unspecified atom stereocenters.